The Hall–Kier alpha value is -2.05. The molecule has 2 aromatic carbocycles. The Morgan fingerprint density at radius 2 is 0.853 bits per heavy atom. The second-order valence-corrected chi connectivity index (χ2v) is 11.1. The molecule has 0 spiro atoms. The zero-order chi connectivity index (χ0) is 25.8. The molecule has 2 rings (SSSR count). The van der Waals surface area contributed by atoms with E-state index in [9.17, 15) is 4.79 Å². The van der Waals surface area contributed by atoms with Crippen LogP contribution in [0.1, 0.15) is 109 Å². The van der Waals surface area contributed by atoms with Crippen LogP contribution in [0.2, 0.25) is 0 Å². The van der Waals surface area contributed by atoms with Gasteiger partial charge in [-0.25, -0.2) is 19.6 Å². The molecule has 0 atom stereocenters. The molecule has 0 aromatic heterocycles. The maximum Gasteiger partial charge on any atom is 0.193 e. The molecular weight excluding hydrogens is 428 g/mol. The van der Waals surface area contributed by atoms with Crippen LogP contribution in [-0.4, -0.2) is 17.0 Å². The molecule has 0 saturated carbocycles. The molecule has 0 amide bonds. The molecule has 0 saturated heterocycles. The standard InChI is InChI=1S/C29H42O5/c1-11-26(3,4)31-33-28(7,8)23-17-13-21(14-18-23)25(30)22-15-19-24(20-16-22)29(9,10)34-32-27(5,6)12-2/h13-20H,11-12H2,1-10H3. The topological polar surface area (TPSA) is 54.0 Å². The van der Waals surface area contributed by atoms with Crippen LogP contribution in [0, 0.1) is 0 Å². The lowest BCUT2D eigenvalue weighted by atomic mass is 9.93. The number of benzene rings is 2. The van der Waals surface area contributed by atoms with Crippen molar-refractivity contribution in [2.75, 3.05) is 0 Å². The first-order chi connectivity index (χ1) is 15.6. The van der Waals surface area contributed by atoms with Crippen molar-refractivity contribution >= 4 is 5.78 Å². The lowest BCUT2D eigenvalue weighted by Crippen LogP contribution is -2.30. The minimum absolute atomic E-state index is 0.0396. The molecule has 0 unspecified atom stereocenters. The molecule has 2 aromatic rings. The third kappa shape index (κ3) is 7.47. The third-order valence-corrected chi connectivity index (χ3v) is 6.34. The summed E-state index contributed by atoms with van der Waals surface area (Å²) in [4.78, 5) is 35.8. The van der Waals surface area contributed by atoms with E-state index in [1.807, 2.05) is 104 Å². The number of ketones is 1. The molecule has 0 fully saturated rings. The zero-order valence-corrected chi connectivity index (χ0v) is 22.6. The van der Waals surface area contributed by atoms with Gasteiger partial charge >= 0.3 is 0 Å². The van der Waals surface area contributed by atoms with Crippen LogP contribution in [0.25, 0.3) is 0 Å². The molecule has 0 aliphatic rings. The predicted molar refractivity (Wildman–Crippen MR) is 135 cm³/mol. The summed E-state index contributed by atoms with van der Waals surface area (Å²) in [7, 11) is 0. The van der Waals surface area contributed by atoms with E-state index < -0.39 is 11.2 Å². The lowest BCUT2D eigenvalue weighted by molar-refractivity contribution is -0.405. The molecule has 0 radical (unpaired) electrons. The molecule has 5 heteroatoms. The minimum Gasteiger partial charge on any atom is -0.289 e. The zero-order valence-electron chi connectivity index (χ0n) is 22.6. The van der Waals surface area contributed by atoms with Crippen LogP contribution in [0.15, 0.2) is 48.5 Å². The number of carbonyl (C=O) groups excluding carboxylic acids is 1. The van der Waals surface area contributed by atoms with Crippen LogP contribution in [-0.2, 0) is 30.8 Å². The van der Waals surface area contributed by atoms with Crippen LogP contribution in [0.4, 0.5) is 0 Å². The van der Waals surface area contributed by atoms with Gasteiger partial charge in [-0.2, -0.15) is 0 Å². The summed E-state index contributed by atoms with van der Waals surface area (Å²) >= 11 is 0. The maximum atomic E-state index is 13.0. The van der Waals surface area contributed by atoms with Gasteiger partial charge in [0.2, 0.25) is 0 Å². The summed E-state index contributed by atoms with van der Waals surface area (Å²) < 4.78 is 0. The highest BCUT2D eigenvalue weighted by Crippen LogP contribution is 2.30. The van der Waals surface area contributed by atoms with Crippen molar-refractivity contribution in [1.82, 2.24) is 0 Å². The van der Waals surface area contributed by atoms with E-state index in [1.54, 1.807) is 0 Å². The monoisotopic (exact) mass is 470 g/mol. The molecule has 5 nitrogen and oxygen atoms in total. The van der Waals surface area contributed by atoms with Crippen LogP contribution < -0.4 is 0 Å². The van der Waals surface area contributed by atoms with E-state index in [0.717, 1.165) is 24.0 Å². The van der Waals surface area contributed by atoms with Gasteiger partial charge in [0.25, 0.3) is 0 Å². The third-order valence-electron chi connectivity index (χ3n) is 6.34. The van der Waals surface area contributed by atoms with E-state index in [1.165, 1.54) is 0 Å². The summed E-state index contributed by atoms with van der Waals surface area (Å²) in [5.41, 5.74) is 1.08. The highest BCUT2D eigenvalue weighted by molar-refractivity contribution is 6.09. The number of hydrogen-bond donors (Lipinski definition) is 0. The molecule has 34 heavy (non-hydrogen) atoms. The molecule has 188 valence electrons. The predicted octanol–water partition coefficient (Wildman–Crippen LogP) is 7.66. The molecule has 0 N–H and O–H groups in total. The van der Waals surface area contributed by atoms with E-state index >= 15 is 0 Å². The van der Waals surface area contributed by atoms with Gasteiger partial charge in [0.05, 0.1) is 11.2 Å². The van der Waals surface area contributed by atoms with Gasteiger partial charge in [-0.15, -0.1) is 0 Å². The van der Waals surface area contributed by atoms with Crippen molar-refractivity contribution in [2.24, 2.45) is 0 Å². The van der Waals surface area contributed by atoms with Crippen molar-refractivity contribution < 1.29 is 24.3 Å². The fourth-order valence-corrected chi connectivity index (χ4v) is 2.86. The molecule has 0 aliphatic carbocycles. The van der Waals surface area contributed by atoms with Gasteiger partial charge in [-0.3, -0.25) is 4.79 Å². The first-order valence-corrected chi connectivity index (χ1v) is 12.1. The van der Waals surface area contributed by atoms with Gasteiger partial charge in [0.15, 0.2) is 5.78 Å². The molecule has 0 aliphatic heterocycles. The SMILES string of the molecule is CCC(C)(C)OOC(C)(C)c1ccc(C(=O)c2ccc(C(C)(C)OOC(C)(C)CC)cc2)cc1. The van der Waals surface area contributed by atoms with E-state index in [4.69, 9.17) is 19.6 Å². The van der Waals surface area contributed by atoms with Crippen LogP contribution in [0.5, 0.6) is 0 Å². The van der Waals surface area contributed by atoms with Gasteiger partial charge in [-0.1, -0.05) is 62.4 Å². The Labute approximate surface area is 205 Å². The maximum absolute atomic E-state index is 13.0. The fraction of sp³-hybridized carbons (Fsp3) is 0.552. The summed E-state index contributed by atoms with van der Waals surface area (Å²) in [6.45, 7) is 19.9. The first-order valence-electron chi connectivity index (χ1n) is 12.1. The number of rotatable bonds is 12. The Morgan fingerprint density at radius 3 is 1.12 bits per heavy atom. The van der Waals surface area contributed by atoms with Gasteiger partial charge in [-0.05, 0) is 79.4 Å². The van der Waals surface area contributed by atoms with E-state index in [-0.39, 0.29) is 17.0 Å². The minimum atomic E-state index is -0.643. The second kappa shape index (κ2) is 10.7. The first kappa shape index (κ1) is 28.2. The molecular formula is C29H42O5. The van der Waals surface area contributed by atoms with Crippen molar-refractivity contribution in [2.45, 2.75) is 104 Å². The van der Waals surface area contributed by atoms with Crippen LogP contribution in [0.3, 0.4) is 0 Å². The normalized spacial score (nSPS) is 13.2. The smallest absolute Gasteiger partial charge is 0.193 e. The number of hydrogen-bond acceptors (Lipinski definition) is 5. The van der Waals surface area contributed by atoms with Crippen molar-refractivity contribution in [3.8, 4) is 0 Å². The van der Waals surface area contributed by atoms with E-state index in [0.29, 0.717) is 11.1 Å². The Morgan fingerprint density at radius 1 is 0.559 bits per heavy atom. The highest BCUT2D eigenvalue weighted by Gasteiger charge is 2.29. The van der Waals surface area contributed by atoms with Crippen molar-refractivity contribution in [3.05, 3.63) is 70.8 Å². The fourth-order valence-electron chi connectivity index (χ4n) is 2.86. The van der Waals surface area contributed by atoms with Gasteiger partial charge < -0.3 is 0 Å². The van der Waals surface area contributed by atoms with E-state index in [2.05, 4.69) is 13.8 Å². The van der Waals surface area contributed by atoms with Gasteiger partial charge in [0, 0.05) is 11.1 Å². The van der Waals surface area contributed by atoms with Crippen molar-refractivity contribution in [1.29, 1.82) is 0 Å². The average Bonchev–Trinajstić information content (AvgIpc) is 2.81. The second-order valence-electron chi connectivity index (χ2n) is 11.1. The number of carbonyl (C=O) groups is 1. The van der Waals surface area contributed by atoms with Gasteiger partial charge in [0.1, 0.15) is 11.2 Å². The molecule has 0 bridgehead atoms. The summed E-state index contributed by atoms with van der Waals surface area (Å²) in [5, 5.41) is 0. The average molecular weight is 471 g/mol. The summed E-state index contributed by atoms with van der Waals surface area (Å²) in [6, 6.07) is 15.0. The Kier molecular flexibility index (Phi) is 8.87. The van der Waals surface area contributed by atoms with Crippen LogP contribution >= 0.6 is 0 Å². The quantitative estimate of drug-likeness (QED) is 0.181. The largest absolute Gasteiger partial charge is 0.289 e. The van der Waals surface area contributed by atoms with Crippen molar-refractivity contribution in [3.63, 3.8) is 0 Å². The Bertz CT molecular complexity index is 860. The lowest BCUT2D eigenvalue weighted by Gasteiger charge is -2.30. The molecule has 0 heterocycles. The Balaban J connectivity index is 2.10. The summed E-state index contributed by atoms with van der Waals surface area (Å²) in [6.07, 6.45) is 1.67. The summed E-state index contributed by atoms with van der Waals surface area (Å²) in [5.74, 6) is -0.0396. The highest BCUT2D eigenvalue weighted by atomic mass is 17.2.